The van der Waals surface area contributed by atoms with Crippen LogP contribution in [0.3, 0.4) is 0 Å². The normalized spacial score (nSPS) is 10.5. The maximum atomic E-state index is 5.80. The summed E-state index contributed by atoms with van der Waals surface area (Å²) in [5.41, 5.74) is 6.82. The van der Waals surface area contributed by atoms with Gasteiger partial charge in [-0.15, -0.1) is 0 Å². The molecule has 5 heteroatoms. The minimum Gasteiger partial charge on any atom is -0.326 e. The molecular weight excluding hydrogens is 320 g/mol. The topological polar surface area (TPSA) is 38.9 Å². The summed E-state index contributed by atoms with van der Waals surface area (Å²) in [5.74, 6) is 0. The van der Waals surface area contributed by atoms with Crippen LogP contribution in [-0.2, 0) is 6.54 Å². The molecule has 2 rings (SSSR count). The Balaban J connectivity index is 2.26. The quantitative estimate of drug-likeness (QED) is 0.921. The van der Waals surface area contributed by atoms with Crippen molar-refractivity contribution >= 4 is 39.3 Å². The zero-order valence-corrected chi connectivity index (χ0v) is 12.0. The number of hydrogen-bond acceptors (Lipinski definition) is 3. The van der Waals surface area contributed by atoms with E-state index in [1.165, 1.54) is 0 Å². The molecule has 0 saturated carbocycles. The van der Waals surface area contributed by atoms with Crippen LogP contribution in [0.5, 0.6) is 0 Å². The number of aromatic nitrogens is 1. The van der Waals surface area contributed by atoms with E-state index in [0.717, 1.165) is 20.0 Å². The molecule has 0 aliphatic rings. The first-order valence-corrected chi connectivity index (χ1v) is 6.95. The summed E-state index contributed by atoms with van der Waals surface area (Å²) in [4.78, 5) is 5.37. The third kappa shape index (κ3) is 3.45. The Labute approximate surface area is 118 Å². The van der Waals surface area contributed by atoms with Gasteiger partial charge in [0.15, 0.2) is 0 Å². The molecule has 0 unspecified atom stereocenters. The predicted molar refractivity (Wildman–Crippen MR) is 75.4 cm³/mol. The summed E-state index contributed by atoms with van der Waals surface area (Å²) in [6.07, 6.45) is 1.64. The molecule has 0 saturated heterocycles. The average molecular weight is 330 g/mol. The van der Waals surface area contributed by atoms with Crippen molar-refractivity contribution in [3.8, 4) is 0 Å². The summed E-state index contributed by atoms with van der Waals surface area (Å²) in [7, 11) is 0. The molecule has 17 heavy (non-hydrogen) atoms. The molecule has 0 radical (unpaired) electrons. The number of nitrogens with two attached hydrogens (primary N) is 1. The molecule has 2 N–H and O–H groups in total. The number of rotatable bonds is 3. The summed E-state index contributed by atoms with van der Waals surface area (Å²) >= 11 is 10.8. The van der Waals surface area contributed by atoms with Crippen molar-refractivity contribution in [1.82, 2.24) is 4.98 Å². The van der Waals surface area contributed by atoms with E-state index in [1.807, 2.05) is 30.3 Å². The maximum absolute atomic E-state index is 5.80. The highest BCUT2D eigenvalue weighted by Crippen LogP contribution is 2.31. The second kappa shape index (κ2) is 5.87. The lowest BCUT2D eigenvalue weighted by atomic mass is 10.2. The Morgan fingerprint density at radius 1 is 1.29 bits per heavy atom. The van der Waals surface area contributed by atoms with E-state index in [4.69, 9.17) is 17.3 Å². The summed E-state index contributed by atoms with van der Waals surface area (Å²) in [6, 6.07) is 9.79. The summed E-state index contributed by atoms with van der Waals surface area (Å²) in [6.45, 7) is 0.509. The summed E-state index contributed by atoms with van der Waals surface area (Å²) in [5, 5.41) is 1.55. The number of pyridine rings is 1. The van der Waals surface area contributed by atoms with Gasteiger partial charge in [0.25, 0.3) is 0 Å². The van der Waals surface area contributed by atoms with Gasteiger partial charge in [-0.2, -0.15) is 0 Å². The van der Waals surface area contributed by atoms with Gasteiger partial charge in [0.2, 0.25) is 0 Å². The van der Waals surface area contributed by atoms with Crippen molar-refractivity contribution in [2.45, 2.75) is 16.5 Å². The van der Waals surface area contributed by atoms with Gasteiger partial charge in [0.1, 0.15) is 5.03 Å². The van der Waals surface area contributed by atoms with Crippen molar-refractivity contribution in [3.05, 3.63) is 51.6 Å². The van der Waals surface area contributed by atoms with Crippen LogP contribution in [0, 0.1) is 0 Å². The van der Waals surface area contributed by atoms with E-state index in [0.29, 0.717) is 11.6 Å². The maximum Gasteiger partial charge on any atom is 0.101 e. The molecule has 0 aliphatic heterocycles. The third-order valence-electron chi connectivity index (χ3n) is 2.16. The molecular formula is C12H10BrClN2S. The highest BCUT2D eigenvalue weighted by molar-refractivity contribution is 9.10. The van der Waals surface area contributed by atoms with Crippen molar-refractivity contribution in [2.75, 3.05) is 0 Å². The first-order valence-electron chi connectivity index (χ1n) is 4.97. The van der Waals surface area contributed by atoms with Crippen molar-refractivity contribution in [3.63, 3.8) is 0 Å². The van der Waals surface area contributed by atoms with E-state index in [2.05, 4.69) is 20.9 Å². The van der Waals surface area contributed by atoms with E-state index >= 15 is 0 Å². The number of halogens is 2. The monoisotopic (exact) mass is 328 g/mol. The molecule has 1 aromatic carbocycles. The fourth-order valence-electron chi connectivity index (χ4n) is 1.34. The zero-order valence-electron chi connectivity index (χ0n) is 8.86. The fourth-order valence-corrected chi connectivity index (χ4v) is 2.74. The Bertz CT molecular complexity index is 516. The van der Waals surface area contributed by atoms with E-state index in [9.17, 15) is 0 Å². The largest absolute Gasteiger partial charge is 0.326 e. The molecule has 0 aliphatic carbocycles. The van der Waals surface area contributed by atoms with Crippen LogP contribution in [-0.4, -0.2) is 4.98 Å². The van der Waals surface area contributed by atoms with Crippen LogP contribution in [0.1, 0.15) is 5.56 Å². The Morgan fingerprint density at radius 2 is 2.12 bits per heavy atom. The van der Waals surface area contributed by atoms with Crippen LogP contribution in [0.4, 0.5) is 0 Å². The number of hydrogen-bond donors (Lipinski definition) is 1. The lowest BCUT2D eigenvalue weighted by Gasteiger charge is -2.07. The predicted octanol–water partition coefficient (Wildman–Crippen LogP) is 4.11. The number of nitrogens with zero attached hydrogens (tertiary/aromatic N) is 1. The van der Waals surface area contributed by atoms with Crippen molar-refractivity contribution < 1.29 is 0 Å². The van der Waals surface area contributed by atoms with Crippen LogP contribution < -0.4 is 5.73 Å². The van der Waals surface area contributed by atoms with Gasteiger partial charge in [-0.3, -0.25) is 0 Å². The first-order chi connectivity index (χ1) is 8.19. The minimum atomic E-state index is 0.509. The molecule has 0 amide bonds. The highest BCUT2D eigenvalue weighted by atomic mass is 79.9. The second-order valence-corrected chi connectivity index (χ2v) is 5.79. The van der Waals surface area contributed by atoms with E-state index < -0.39 is 0 Å². The van der Waals surface area contributed by atoms with Gasteiger partial charge in [0.05, 0.1) is 5.02 Å². The Hall–Kier alpha value is -0.550. The highest BCUT2D eigenvalue weighted by Gasteiger charge is 2.05. The second-order valence-electron chi connectivity index (χ2n) is 3.37. The van der Waals surface area contributed by atoms with E-state index in [1.54, 1.807) is 18.0 Å². The summed E-state index contributed by atoms with van der Waals surface area (Å²) < 4.78 is 1.03. The van der Waals surface area contributed by atoms with Crippen LogP contribution in [0.25, 0.3) is 0 Å². The van der Waals surface area contributed by atoms with Crippen LogP contribution in [0.2, 0.25) is 5.02 Å². The standard InChI is InChI=1S/C12H10BrClN2S/c13-9-1-3-11(8(5-9)6-15)17-12-4-2-10(14)7-16-12/h1-5,7H,6,15H2. The Kier molecular flexibility index (Phi) is 4.45. The Morgan fingerprint density at radius 3 is 2.76 bits per heavy atom. The number of benzene rings is 1. The van der Waals surface area contributed by atoms with Crippen molar-refractivity contribution in [1.29, 1.82) is 0 Å². The minimum absolute atomic E-state index is 0.509. The molecule has 2 aromatic rings. The molecule has 1 heterocycles. The average Bonchev–Trinajstić information content (AvgIpc) is 2.34. The fraction of sp³-hybridized carbons (Fsp3) is 0.0833. The lowest BCUT2D eigenvalue weighted by molar-refractivity contribution is 1.02. The third-order valence-corrected chi connectivity index (χ3v) is 3.94. The molecule has 88 valence electrons. The smallest absolute Gasteiger partial charge is 0.101 e. The molecule has 1 aromatic heterocycles. The molecule has 0 bridgehead atoms. The SMILES string of the molecule is NCc1cc(Br)ccc1Sc1ccc(Cl)cn1. The molecule has 0 spiro atoms. The zero-order chi connectivity index (χ0) is 12.3. The van der Waals surface area contributed by atoms with Gasteiger partial charge in [-0.25, -0.2) is 4.98 Å². The molecule has 2 nitrogen and oxygen atoms in total. The van der Waals surface area contributed by atoms with Gasteiger partial charge < -0.3 is 5.73 Å². The van der Waals surface area contributed by atoms with Crippen molar-refractivity contribution in [2.24, 2.45) is 5.73 Å². The van der Waals surface area contributed by atoms with E-state index in [-0.39, 0.29) is 0 Å². The van der Waals surface area contributed by atoms with Crippen LogP contribution >= 0.6 is 39.3 Å². The van der Waals surface area contributed by atoms with Crippen LogP contribution in [0.15, 0.2) is 50.9 Å². The van der Waals surface area contributed by atoms with Gasteiger partial charge in [-0.1, -0.05) is 39.3 Å². The molecule has 0 atom stereocenters. The first kappa shape index (κ1) is 12.9. The van der Waals surface area contributed by atoms with Gasteiger partial charge in [0, 0.05) is 22.1 Å². The van der Waals surface area contributed by atoms with Gasteiger partial charge >= 0.3 is 0 Å². The molecule has 0 fully saturated rings. The lowest BCUT2D eigenvalue weighted by Crippen LogP contribution is -1.98. The van der Waals surface area contributed by atoms with Gasteiger partial charge in [-0.05, 0) is 35.9 Å².